The summed E-state index contributed by atoms with van der Waals surface area (Å²) in [6, 6.07) is 7.69. The number of Topliss-reactive ketones (excluding diaryl/α,β-unsaturated/α-hetero) is 1. The second kappa shape index (κ2) is 4.34. The molecule has 3 nitrogen and oxygen atoms in total. The maximum atomic E-state index is 11.7. The number of ketones is 1. The quantitative estimate of drug-likeness (QED) is 0.476. The minimum atomic E-state index is -0.948. The van der Waals surface area contributed by atoms with Crippen LogP contribution in [-0.4, -0.2) is 15.6 Å². The summed E-state index contributed by atoms with van der Waals surface area (Å²) in [5.41, 5.74) is 1.30. The first-order valence-corrected chi connectivity index (χ1v) is 5.74. The monoisotopic (exact) mass is 249 g/mol. The number of benzene rings is 1. The molecule has 0 unspecified atom stereocenters. The molecule has 1 aromatic heterocycles. The minimum absolute atomic E-state index is 0.215. The van der Waals surface area contributed by atoms with Gasteiger partial charge in [0.05, 0.1) is 5.56 Å². The Hall–Kier alpha value is -1.61. The van der Waals surface area contributed by atoms with E-state index in [0.29, 0.717) is 5.56 Å². The fourth-order valence-corrected chi connectivity index (χ4v) is 2.02. The lowest BCUT2D eigenvalue weighted by Crippen LogP contribution is -2.06. The van der Waals surface area contributed by atoms with Crippen LogP contribution >= 0.6 is 11.6 Å². The Morgan fingerprint density at radius 3 is 2.47 bits per heavy atom. The normalized spacial score (nSPS) is 11.1. The van der Waals surface area contributed by atoms with Crippen LogP contribution in [0.2, 0.25) is 0 Å². The average molecular weight is 250 g/mol. The predicted molar refractivity (Wildman–Crippen MR) is 67.5 cm³/mol. The number of fused-ring (bicyclic) bond motifs is 1. The summed E-state index contributed by atoms with van der Waals surface area (Å²) in [6.07, 6.45) is 1.69. The average Bonchev–Trinajstić information content (AvgIpc) is 2.67. The van der Waals surface area contributed by atoms with Crippen molar-refractivity contribution >= 4 is 33.5 Å². The van der Waals surface area contributed by atoms with E-state index in [4.69, 9.17) is 11.6 Å². The molecule has 0 N–H and O–H groups in total. The molecule has 0 aliphatic carbocycles. The van der Waals surface area contributed by atoms with Crippen molar-refractivity contribution in [3.05, 3.63) is 36.0 Å². The molecule has 0 atom stereocenters. The van der Waals surface area contributed by atoms with Gasteiger partial charge in [-0.25, -0.2) is 0 Å². The van der Waals surface area contributed by atoms with E-state index in [1.54, 1.807) is 6.20 Å². The van der Waals surface area contributed by atoms with Crippen molar-refractivity contribution in [2.45, 2.75) is 19.9 Å². The van der Waals surface area contributed by atoms with Gasteiger partial charge >= 0.3 is 0 Å². The molecule has 0 saturated heterocycles. The molecule has 2 aromatic rings. The Morgan fingerprint density at radius 2 is 1.88 bits per heavy atom. The van der Waals surface area contributed by atoms with Crippen LogP contribution in [0, 0.1) is 0 Å². The van der Waals surface area contributed by atoms with Gasteiger partial charge in [0.25, 0.3) is 5.24 Å². The van der Waals surface area contributed by atoms with Crippen molar-refractivity contribution in [3.63, 3.8) is 0 Å². The Balaban J connectivity index is 2.73. The molecule has 0 aliphatic rings. The van der Waals surface area contributed by atoms with Crippen molar-refractivity contribution in [1.29, 1.82) is 0 Å². The van der Waals surface area contributed by atoms with Gasteiger partial charge in [0.1, 0.15) is 0 Å². The molecular formula is C13H12ClNO2. The number of rotatable bonds is 3. The maximum Gasteiger partial charge on any atom is 0.293 e. The first-order chi connectivity index (χ1) is 8.02. The summed E-state index contributed by atoms with van der Waals surface area (Å²) in [4.78, 5) is 22.7. The van der Waals surface area contributed by atoms with Crippen molar-refractivity contribution < 1.29 is 9.59 Å². The zero-order valence-corrected chi connectivity index (χ0v) is 10.4. The molecule has 0 spiro atoms. The molecule has 0 amide bonds. The van der Waals surface area contributed by atoms with Crippen LogP contribution in [0.3, 0.4) is 0 Å². The smallest absolute Gasteiger partial charge is 0.293 e. The highest BCUT2D eigenvalue weighted by Gasteiger charge is 2.20. The van der Waals surface area contributed by atoms with E-state index in [9.17, 15) is 9.59 Å². The van der Waals surface area contributed by atoms with Crippen molar-refractivity contribution in [2.75, 3.05) is 0 Å². The highest BCUT2D eigenvalue weighted by atomic mass is 35.5. The summed E-state index contributed by atoms with van der Waals surface area (Å²) in [5.74, 6) is -0.651. The van der Waals surface area contributed by atoms with Crippen LogP contribution in [-0.2, 0) is 4.79 Å². The largest absolute Gasteiger partial charge is 0.344 e. The fourth-order valence-electron chi connectivity index (χ4n) is 1.92. The summed E-state index contributed by atoms with van der Waals surface area (Å²) < 4.78 is 1.96. The lowest BCUT2D eigenvalue weighted by atomic mass is 10.1. The summed E-state index contributed by atoms with van der Waals surface area (Å²) in [6.45, 7) is 4.03. The molecular weight excluding hydrogens is 238 g/mol. The molecule has 2 rings (SSSR count). The molecule has 17 heavy (non-hydrogen) atoms. The first-order valence-electron chi connectivity index (χ1n) is 5.36. The Kier molecular flexibility index (Phi) is 3.03. The van der Waals surface area contributed by atoms with Crippen LogP contribution in [0.25, 0.3) is 10.9 Å². The van der Waals surface area contributed by atoms with Gasteiger partial charge in [-0.2, -0.15) is 0 Å². The van der Waals surface area contributed by atoms with E-state index in [1.807, 2.05) is 42.7 Å². The third-order valence-electron chi connectivity index (χ3n) is 2.72. The second-order valence-corrected chi connectivity index (χ2v) is 4.51. The van der Waals surface area contributed by atoms with E-state index >= 15 is 0 Å². The maximum absolute atomic E-state index is 11.7. The third kappa shape index (κ3) is 1.98. The number of hydrogen-bond acceptors (Lipinski definition) is 2. The van der Waals surface area contributed by atoms with Gasteiger partial charge in [-0.15, -0.1) is 0 Å². The molecule has 0 radical (unpaired) electrons. The number of carbonyl (C=O) groups excluding carboxylic acids is 2. The lowest BCUT2D eigenvalue weighted by molar-refractivity contribution is -0.108. The van der Waals surface area contributed by atoms with Crippen LogP contribution in [0.5, 0.6) is 0 Å². The van der Waals surface area contributed by atoms with Gasteiger partial charge in [-0.3, -0.25) is 9.59 Å². The van der Waals surface area contributed by atoms with Crippen LogP contribution < -0.4 is 0 Å². The molecule has 0 saturated carbocycles. The van der Waals surface area contributed by atoms with Crippen molar-refractivity contribution in [2.24, 2.45) is 0 Å². The Labute approximate surface area is 104 Å². The fraction of sp³-hybridized carbons (Fsp3) is 0.231. The number of hydrogen-bond donors (Lipinski definition) is 0. The van der Waals surface area contributed by atoms with Gasteiger partial charge in [-0.05, 0) is 31.5 Å². The zero-order valence-electron chi connectivity index (χ0n) is 9.61. The van der Waals surface area contributed by atoms with E-state index in [1.165, 1.54) is 0 Å². The van der Waals surface area contributed by atoms with Gasteiger partial charge in [0, 0.05) is 23.1 Å². The zero-order chi connectivity index (χ0) is 12.6. The standard InChI is InChI=1S/C13H12ClNO2/c1-8(2)15-7-10(12(16)13(14)17)9-5-3-4-6-11(9)15/h3-8H,1-2H3. The van der Waals surface area contributed by atoms with E-state index in [2.05, 4.69) is 0 Å². The predicted octanol–water partition coefficient (Wildman–Crippen LogP) is 3.17. The molecule has 0 fully saturated rings. The number of para-hydroxylation sites is 1. The molecule has 1 heterocycles. The summed E-state index contributed by atoms with van der Waals surface area (Å²) in [7, 11) is 0. The lowest BCUT2D eigenvalue weighted by Gasteiger charge is -2.08. The van der Waals surface area contributed by atoms with Gasteiger partial charge in [0.2, 0.25) is 5.78 Å². The first kappa shape index (κ1) is 11.9. The number of halogens is 1. The van der Waals surface area contributed by atoms with E-state index in [-0.39, 0.29) is 6.04 Å². The van der Waals surface area contributed by atoms with Crippen LogP contribution in [0.4, 0.5) is 0 Å². The number of carbonyl (C=O) groups is 2. The Bertz CT molecular complexity index is 598. The van der Waals surface area contributed by atoms with E-state index < -0.39 is 11.0 Å². The van der Waals surface area contributed by atoms with Gasteiger partial charge in [0.15, 0.2) is 0 Å². The second-order valence-electron chi connectivity index (χ2n) is 4.16. The minimum Gasteiger partial charge on any atom is -0.344 e. The molecule has 1 aromatic carbocycles. The van der Waals surface area contributed by atoms with Crippen LogP contribution in [0.15, 0.2) is 30.5 Å². The Morgan fingerprint density at radius 1 is 1.24 bits per heavy atom. The molecule has 0 aliphatic heterocycles. The topological polar surface area (TPSA) is 39.1 Å². The highest BCUT2D eigenvalue weighted by molar-refractivity contribution is 6.83. The highest BCUT2D eigenvalue weighted by Crippen LogP contribution is 2.25. The van der Waals surface area contributed by atoms with Crippen molar-refractivity contribution in [3.8, 4) is 0 Å². The number of nitrogens with zero attached hydrogens (tertiary/aromatic N) is 1. The third-order valence-corrected chi connectivity index (χ3v) is 2.89. The van der Waals surface area contributed by atoms with E-state index in [0.717, 1.165) is 10.9 Å². The molecule has 4 heteroatoms. The molecule has 88 valence electrons. The molecule has 0 bridgehead atoms. The summed E-state index contributed by atoms with van der Waals surface area (Å²) >= 11 is 5.25. The van der Waals surface area contributed by atoms with Gasteiger partial charge < -0.3 is 4.57 Å². The van der Waals surface area contributed by atoms with Crippen LogP contribution in [0.1, 0.15) is 30.2 Å². The SMILES string of the molecule is CC(C)n1cc(C(=O)C(=O)Cl)c2ccccc21. The van der Waals surface area contributed by atoms with Gasteiger partial charge in [-0.1, -0.05) is 18.2 Å². The van der Waals surface area contributed by atoms with Crippen molar-refractivity contribution in [1.82, 2.24) is 4.57 Å². The summed E-state index contributed by atoms with van der Waals surface area (Å²) in [5, 5.41) is -0.183. The number of aromatic nitrogens is 1.